The van der Waals surface area contributed by atoms with Crippen molar-refractivity contribution in [3.63, 3.8) is 0 Å². The van der Waals surface area contributed by atoms with Crippen LogP contribution in [0.1, 0.15) is 41.9 Å². The van der Waals surface area contributed by atoms with Crippen LogP contribution in [0.25, 0.3) is 0 Å². The Morgan fingerprint density at radius 2 is 2.13 bits per heavy atom. The number of carbonyl (C=O) groups excluding carboxylic acids is 1. The van der Waals surface area contributed by atoms with Crippen LogP contribution in [0.5, 0.6) is 0 Å². The van der Waals surface area contributed by atoms with Crippen molar-refractivity contribution in [1.82, 2.24) is 10.2 Å². The van der Waals surface area contributed by atoms with Crippen LogP contribution in [-0.4, -0.2) is 23.9 Å². The number of amides is 1. The molecule has 1 N–H and O–H groups in total. The molecule has 3 rings (SSSR count). The van der Waals surface area contributed by atoms with Gasteiger partial charge in [-0.1, -0.05) is 23.7 Å². The predicted molar refractivity (Wildman–Crippen MR) is 96.0 cm³/mol. The Bertz CT molecular complexity index is 683. The number of nitrogens with one attached hydrogen (secondary N) is 1. The van der Waals surface area contributed by atoms with Gasteiger partial charge >= 0.3 is 0 Å². The van der Waals surface area contributed by atoms with Gasteiger partial charge in [0.25, 0.3) is 0 Å². The molecule has 1 aliphatic rings. The van der Waals surface area contributed by atoms with Crippen LogP contribution in [0.2, 0.25) is 5.02 Å². The summed E-state index contributed by atoms with van der Waals surface area (Å²) in [6.45, 7) is 5.56. The van der Waals surface area contributed by atoms with Crippen molar-refractivity contribution >= 4 is 28.8 Å². The van der Waals surface area contributed by atoms with Gasteiger partial charge in [-0.25, -0.2) is 0 Å². The fourth-order valence-electron chi connectivity index (χ4n) is 3.08. The average molecular weight is 349 g/mol. The number of hydrogen-bond acceptors (Lipinski definition) is 3. The molecule has 0 aliphatic carbocycles. The van der Waals surface area contributed by atoms with Gasteiger partial charge in [-0.15, -0.1) is 11.3 Å². The molecule has 0 spiro atoms. The largest absolute Gasteiger partial charge is 0.348 e. The Morgan fingerprint density at radius 1 is 1.39 bits per heavy atom. The molecule has 2 aromatic rings. The molecule has 2 heterocycles. The summed E-state index contributed by atoms with van der Waals surface area (Å²) in [6, 6.07) is 10.1. The smallest absolute Gasteiger partial charge is 0.234 e. The fraction of sp³-hybridized carbons (Fsp3) is 0.389. The van der Waals surface area contributed by atoms with Gasteiger partial charge in [0, 0.05) is 22.5 Å². The highest BCUT2D eigenvalue weighted by Gasteiger charge is 2.26. The number of benzene rings is 1. The Hall–Kier alpha value is -1.36. The normalized spacial score (nSPS) is 19.2. The molecule has 0 saturated carbocycles. The summed E-state index contributed by atoms with van der Waals surface area (Å²) >= 11 is 7.73. The highest BCUT2D eigenvalue weighted by molar-refractivity contribution is 7.10. The van der Waals surface area contributed by atoms with E-state index in [4.69, 9.17) is 11.6 Å². The van der Waals surface area contributed by atoms with Crippen molar-refractivity contribution in [3.05, 3.63) is 56.7 Å². The maximum absolute atomic E-state index is 12.4. The molecule has 1 aliphatic heterocycles. The van der Waals surface area contributed by atoms with Crippen LogP contribution in [0.3, 0.4) is 0 Å². The second-order valence-corrected chi connectivity index (χ2v) is 7.47. The lowest BCUT2D eigenvalue weighted by atomic mass is 10.0. The van der Waals surface area contributed by atoms with Crippen molar-refractivity contribution in [3.8, 4) is 0 Å². The summed E-state index contributed by atoms with van der Waals surface area (Å²) in [5, 5.41) is 5.94. The molecule has 2 atom stereocenters. The molecule has 0 radical (unpaired) electrons. The van der Waals surface area contributed by atoms with Gasteiger partial charge in [0.15, 0.2) is 0 Å². The van der Waals surface area contributed by atoms with Gasteiger partial charge in [-0.05, 0) is 55.0 Å². The maximum Gasteiger partial charge on any atom is 0.234 e. The van der Waals surface area contributed by atoms with Crippen molar-refractivity contribution in [2.45, 2.75) is 32.4 Å². The summed E-state index contributed by atoms with van der Waals surface area (Å²) < 4.78 is 0. The molecule has 3 nitrogen and oxygen atoms in total. The van der Waals surface area contributed by atoms with Crippen LogP contribution in [0.15, 0.2) is 35.7 Å². The van der Waals surface area contributed by atoms with E-state index in [2.05, 4.69) is 28.6 Å². The molecule has 122 valence electrons. The second kappa shape index (κ2) is 7.04. The fourth-order valence-corrected chi connectivity index (χ4v) is 4.17. The third-order valence-corrected chi connectivity index (χ3v) is 5.75. The van der Waals surface area contributed by atoms with E-state index >= 15 is 0 Å². The number of hydrogen-bond donors (Lipinski definition) is 1. The molecule has 5 heteroatoms. The van der Waals surface area contributed by atoms with E-state index in [0.717, 1.165) is 18.5 Å². The highest BCUT2D eigenvalue weighted by Crippen LogP contribution is 2.32. The van der Waals surface area contributed by atoms with Crippen LogP contribution < -0.4 is 5.32 Å². The Balaban J connectivity index is 1.58. The standard InChI is InChI=1S/C18H21ClN2OS/c1-12(14-3-5-15(19)6-4-14)20-18(22)11-21-9-7-17-16(13(21)2)8-10-23-17/h3-6,8,10,12-13H,7,9,11H2,1-2H3,(H,20,22)/t12-,13+/m0/s1. The van der Waals surface area contributed by atoms with Crippen molar-refractivity contribution in [2.24, 2.45) is 0 Å². The summed E-state index contributed by atoms with van der Waals surface area (Å²) in [7, 11) is 0. The second-order valence-electron chi connectivity index (χ2n) is 6.04. The molecule has 23 heavy (non-hydrogen) atoms. The van der Waals surface area contributed by atoms with E-state index in [1.165, 1.54) is 10.4 Å². The van der Waals surface area contributed by atoms with E-state index in [-0.39, 0.29) is 11.9 Å². The lowest BCUT2D eigenvalue weighted by Gasteiger charge is -2.33. The number of fused-ring (bicyclic) bond motifs is 1. The lowest BCUT2D eigenvalue weighted by Crippen LogP contribution is -2.42. The zero-order chi connectivity index (χ0) is 16.4. The molecule has 0 fully saturated rings. The van der Waals surface area contributed by atoms with E-state index in [1.807, 2.05) is 42.5 Å². The first-order valence-corrected chi connectivity index (χ1v) is 9.15. The number of halogens is 1. The summed E-state index contributed by atoms with van der Waals surface area (Å²) in [6.07, 6.45) is 1.04. The Labute approximate surface area is 146 Å². The number of carbonyl (C=O) groups is 1. The zero-order valence-corrected chi connectivity index (χ0v) is 15.0. The van der Waals surface area contributed by atoms with E-state index in [0.29, 0.717) is 17.6 Å². The zero-order valence-electron chi connectivity index (χ0n) is 13.4. The minimum Gasteiger partial charge on any atom is -0.348 e. The molecular weight excluding hydrogens is 328 g/mol. The molecule has 0 saturated heterocycles. The van der Waals surface area contributed by atoms with E-state index in [9.17, 15) is 4.79 Å². The highest BCUT2D eigenvalue weighted by atomic mass is 35.5. The molecule has 0 bridgehead atoms. The van der Waals surface area contributed by atoms with Crippen LogP contribution in [0, 0.1) is 0 Å². The third-order valence-electron chi connectivity index (χ3n) is 4.50. The van der Waals surface area contributed by atoms with Gasteiger partial charge in [-0.2, -0.15) is 0 Å². The number of thiophene rings is 1. The van der Waals surface area contributed by atoms with Gasteiger partial charge in [0.05, 0.1) is 12.6 Å². The van der Waals surface area contributed by atoms with Gasteiger partial charge in [0.2, 0.25) is 5.91 Å². The minimum absolute atomic E-state index is 0.0171. The molecule has 0 unspecified atom stereocenters. The molecule has 1 aromatic heterocycles. The van der Waals surface area contributed by atoms with Crippen LogP contribution >= 0.6 is 22.9 Å². The van der Waals surface area contributed by atoms with Gasteiger partial charge in [-0.3, -0.25) is 9.69 Å². The number of rotatable bonds is 4. The van der Waals surface area contributed by atoms with Crippen LogP contribution in [0.4, 0.5) is 0 Å². The summed E-state index contributed by atoms with van der Waals surface area (Å²) in [4.78, 5) is 16.1. The van der Waals surface area contributed by atoms with Crippen molar-refractivity contribution in [1.29, 1.82) is 0 Å². The van der Waals surface area contributed by atoms with E-state index < -0.39 is 0 Å². The quantitative estimate of drug-likeness (QED) is 0.898. The maximum atomic E-state index is 12.4. The average Bonchev–Trinajstić information content (AvgIpc) is 3.00. The first kappa shape index (κ1) is 16.5. The first-order valence-electron chi connectivity index (χ1n) is 7.89. The Kier molecular flexibility index (Phi) is 5.05. The van der Waals surface area contributed by atoms with E-state index in [1.54, 1.807) is 0 Å². The van der Waals surface area contributed by atoms with Crippen molar-refractivity contribution in [2.75, 3.05) is 13.1 Å². The van der Waals surface area contributed by atoms with Gasteiger partial charge < -0.3 is 5.32 Å². The predicted octanol–water partition coefficient (Wildman–Crippen LogP) is 4.20. The summed E-state index contributed by atoms with van der Waals surface area (Å²) in [5.74, 6) is 0.0676. The minimum atomic E-state index is -0.0171. The van der Waals surface area contributed by atoms with Gasteiger partial charge in [0.1, 0.15) is 0 Å². The SMILES string of the molecule is C[C@H](NC(=O)CN1CCc2sccc2[C@H]1C)c1ccc(Cl)cc1. The summed E-state index contributed by atoms with van der Waals surface area (Å²) in [5.41, 5.74) is 2.44. The van der Waals surface area contributed by atoms with Crippen LogP contribution in [-0.2, 0) is 11.2 Å². The lowest BCUT2D eigenvalue weighted by molar-refractivity contribution is -0.123. The first-order chi connectivity index (χ1) is 11.0. The van der Waals surface area contributed by atoms with Crippen molar-refractivity contribution < 1.29 is 4.79 Å². The Morgan fingerprint density at radius 3 is 2.87 bits per heavy atom. The third kappa shape index (κ3) is 3.77. The molecule has 1 aromatic carbocycles. The number of nitrogens with zero attached hydrogens (tertiary/aromatic N) is 1. The monoisotopic (exact) mass is 348 g/mol. The molecular formula is C18H21ClN2OS. The topological polar surface area (TPSA) is 32.3 Å². The molecule has 1 amide bonds.